The normalized spacial score (nSPS) is 18.9. The summed E-state index contributed by atoms with van der Waals surface area (Å²) in [7, 11) is 0. The van der Waals surface area contributed by atoms with Crippen LogP contribution in [0.4, 0.5) is 5.69 Å². The summed E-state index contributed by atoms with van der Waals surface area (Å²) in [4.78, 5) is 34.6. The summed E-state index contributed by atoms with van der Waals surface area (Å²) in [6, 6.07) is 4.28. The second-order valence-corrected chi connectivity index (χ2v) is 4.55. The number of benzene rings is 1. The summed E-state index contributed by atoms with van der Waals surface area (Å²) in [6.07, 6.45) is 0.557. The van der Waals surface area contributed by atoms with Crippen LogP contribution in [0, 0.1) is 6.92 Å². The first-order chi connectivity index (χ1) is 8.97. The summed E-state index contributed by atoms with van der Waals surface area (Å²) < 4.78 is 0. The van der Waals surface area contributed by atoms with Crippen molar-refractivity contribution in [2.24, 2.45) is 0 Å². The molecule has 0 unspecified atom stereocenters. The van der Waals surface area contributed by atoms with Gasteiger partial charge in [0.05, 0.1) is 0 Å². The second-order valence-electron chi connectivity index (χ2n) is 4.55. The van der Waals surface area contributed by atoms with Gasteiger partial charge in [-0.05, 0) is 37.1 Å². The molecule has 2 rings (SSSR count). The van der Waals surface area contributed by atoms with Crippen LogP contribution < -0.4 is 16.4 Å². The number of amides is 3. The zero-order valence-corrected chi connectivity index (χ0v) is 10.5. The SMILES string of the molecule is Cc1cc(N)ccc1C(=O)N[C@H]1CCC(=O)NC1=O. The third-order valence-corrected chi connectivity index (χ3v) is 3.04. The lowest BCUT2D eigenvalue weighted by atomic mass is 10.0. The van der Waals surface area contributed by atoms with Crippen molar-refractivity contribution < 1.29 is 14.4 Å². The van der Waals surface area contributed by atoms with Gasteiger partial charge in [-0.2, -0.15) is 0 Å². The number of nitrogen functional groups attached to an aromatic ring is 1. The molecule has 4 N–H and O–H groups in total. The van der Waals surface area contributed by atoms with Crippen LogP contribution in [0.15, 0.2) is 18.2 Å². The zero-order chi connectivity index (χ0) is 14.0. The van der Waals surface area contributed by atoms with Crippen LogP contribution in [0.3, 0.4) is 0 Å². The number of carbonyl (C=O) groups excluding carboxylic acids is 3. The number of carbonyl (C=O) groups is 3. The molecule has 1 aromatic carbocycles. The topological polar surface area (TPSA) is 101 Å². The highest BCUT2D eigenvalue weighted by atomic mass is 16.2. The highest BCUT2D eigenvalue weighted by molar-refractivity contribution is 6.04. The fourth-order valence-electron chi connectivity index (χ4n) is 2.01. The van der Waals surface area contributed by atoms with Gasteiger partial charge in [0, 0.05) is 17.7 Å². The number of hydrogen-bond donors (Lipinski definition) is 3. The van der Waals surface area contributed by atoms with Crippen molar-refractivity contribution in [3.05, 3.63) is 29.3 Å². The molecule has 6 nitrogen and oxygen atoms in total. The van der Waals surface area contributed by atoms with Crippen LogP contribution in [-0.2, 0) is 9.59 Å². The predicted molar refractivity (Wildman–Crippen MR) is 69.2 cm³/mol. The molecular formula is C13H15N3O3. The van der Waals surface area contributed by atoms with E-state index in [0.29, 0.717) is 17.7 Å². The van der Waals surface area contributed by atoms with E-state index >= 15 is 0 Å². The number of anilines is 1. The second kappa shape index (κ2) is 5.09. The van der Waals surface area contributed by atoms with Crippen molar-refractivity contribution in [2.45, 2.75) is 25.8 Å². The quantitative estimate of drug-likeness (QED) is 0.519. The van der Waals surface area contributed by atoms with Crippen LogP contribution >= 0.6 is 0 Å². The largest absolute Gasteiger partial charge is 0.399 e. The number of nitrogens with two attached hydrogens (primary N) is 1. The standard InChI is InChI=1S/C13H15N3O3/c1-7-6-8(14)2-3-9(7)12(18)15-10-4-5-11(17)16-13(10)19/h2-3,6,10H,4-5,14H2,1H3,(H,15,18)(H,16,17,19)/t10-/m0/s1. The van der Waals surface area contributed by atoms with E-state index in [1.807, 2.05) is 0 Å². The Hall–Kier alpha value is -2.37. The Balaban J connectivity index is 2.09. The van der Waals surface area contributed by atoms with Gasteiger partial charge in [-0.25, -0.2) is 0 Å². The molecule has 100 valence electrons. The first-order valence-corrected chi connectivity index (χ1v) is 5.98. The minimum Gasteiger partial charge on any atom is -0.399 e. The smallest absolute Gasteiger partial charge is 0.252 e. The first kappa shape index (κ1) is 13.1. The number of aryl methyl sites for hydroxylation is 1. The summed E-state index contributed by atoms with van der Waals surface area (Å²) in [5.74, 6) is -1.11. The van der Waals surface area contributed by atoms with Crippen LogP contribution in [0.25, 0.3) is 0 Å². The lowest BCUT2D eigenvalue weighted by Crippen LogP contribution is -2.52. The molecule has 0 saturated carbocycles. The van der Waals surface area contributed by atoms with Crippen molar-refractivity contribution in [2.75, 3.05) is 5.73 Å². The maximum Gasteiger partial charge on any atom is 0.252 e. The molecule has 1 aromatic rings. The predicted octanol–water partition coefficient (Wildman–Crippen LogP) is 0.112. The lowest BCUT2D eigenvalue weighted by molar-refractivity contribution is -0.134. The van der Waals surface area contributed by atoms with Gasteiger partial charge in [-0.15, -0.1) is 0 Å². The van der Waals surface area contributed by atoms with E-state index in [0.717, 1.165) is 5.56 Å². The molecule has 0 radical (unpaired) electrons. The van der Waals surface area contributed by atoms with Gasteiger partial charge in [0.2, 0.25) is 11.8 Å². The fraction of sp³-hybridized carbons (Fsp3) is 0.308. The maximum atomic E-state index is 12.1. The Bertz CT molecular complexity index is 554. The molecular weight excluding hydrogens is 246 g/mol. The van der Waals surface area contributed by atoms with Gasteiger partial charge in [0.25, 0.3) is 5.91 Å². The summed E-state index contributed by atoms with van der Waals surface area (Å²) in [5.41, 5.74) is 7.41. The van der Waals surface area contributed by atoms with Gasteiger partial charge in [-0.3, -0.25) is 19.7 Å². The first-order valence-electron chi connectivity index (χ1n) is 5.98. The van der Waals surface area contributed by atoms with Gasteiger partial charge < -0.3 is 11.1 Å². The Labute approximate surface area is 110 Å². The third-order valence-electron chi connectivity index (χ3n) is 3.04. The third kappa shape index (κ3) is 2.90. The van der Waals surface area contributed by atoms with Crippen molar-refractivity contribution in [1.29, 1.82) is 0 Å². The average molecular weight is 261 g/mol. The van der Waals surface area contributed by atoms with E-state index in [4.69, 9.17) is 5.73 Å². The van der Waals surface area contributed by atoms with Crippen molar-refractivity contribution >= 4 is 23.4 Å². The zero-order valence-electron chi connectivity index (χ0n) is 10.5. The van der Waals surface area contributed by atoms with Crippen LogP contribution in [0.2, 0.25) is 0 Å². The molecule has 3 amide bonds. The maximum absolute atomic E-state index is 12.1. The molecule has 1 atom stereocenters. The van der Waals surface area contributed by atoms with Gasteiger partial charge in [0.15, 0.2) is 0 Å². The van der Waals surface area contributed by atoms with E-state index in [9.17, 15) is 14.4 Å². The lowest BCUT2D eigenvalue weighted by Gasteiger charge is -2.22. The molecule has 1 aliphatic rings. The van der Waals surface area contributed by atoms with E-state index in [1.165, 1.54) is 0 Å². The molecule has 0 aliphatic carbocycles. The summed E-state index contributed by atoms with van der Waals surface area (Å²) in [5, 5.41) is 4.82. The minimum absolute atomic E-state index is 0.234. The van der Waals surface area contributed by atoms with Crippen molar-refractivity contribution in [3.63, 3.8) is 0 Å². The van der Waals surface area contributed by atoms with E-state index in [-0.39, 0.29) is 18.2 Å². The number of hydrogen-bond acceptors (Lipinski definition) is 4. The Kier molecular flexibility index (Phi) is 3.50. The van der Waals surface area contributed by atoms with Crippen molar-refractivity contribution in [1.82, 2.24) is 10.6 Å². The van der Waals surface area contributed by atoms with Crippen molar-refractivity contribution in [3.8, 4) is 0 Å². The summed E-state index contributed by atoms with van der Waals surface area (Å²) in [6.45, 7) is 1.77. The molecule has 1 fully saturated rings. The monoisotopic (exact) mass is 261 g/mol. The molecule has 1 saturated heterocycles. The number of nitrogens with one attached hydrogen (secondary N) is 2. The summed E-state index contributed by atoms with van der Waals surface area (Å²) >= 11 is 0. The Morgan fingerprint density at radius 3 is 2.79 bits per heavy atom. The van der Waals surface area contributed by atoms with Gasteiger partial charge >= 0.3 is 0 Å². The van der Waals surface area contributed by atoms with Crippen LogP contribution in [-0.4, -0.2) is 23.8 Å². The van der Waals surface area contributed by atoms with E-state index in [2.05, 4.69) is 10.6 Å². The molecule has 6 heteroatoms. The Morgan fingerprint density at radius 2 is 2.16 bits per heavy atom. The van der Waals surface area contributed by atoms with Gasteiger partial charge in [0.1, 0.15) is 6.04 Å². The van der Waals surface area contributed by atoms with E-state index in [1.54, 1.807) is 25.1 Å². The number of rotatable bonds is 2. The highest BCUT2D eigenvalue weighted by Crippen LogP contribution is 2.13. The Morgan fingerprint density at radius 1 is 1.42 bits per heavy atom. The molecule has 19 heavy (non-hydrogen) atoms. The average Bonchev–Trinajstić information content (AvgIpc) is 2.32. The number of piperidine rings is 1. The van der Waals surface area contributed by atoms with Gasteiger partial charge in [-0.1, -0.05) is 0 Å². The molecule has 1 heterocycles. The molecule has 0 aromatic heterocycles. The van der Waals surface area contributed by atoms with Crippen LogP contribution in [0.5, 0.6) is 0 Å². The molecule has 1 aliphatic heterocycles. The van der Waals surface area contributed by atoms with E-state index < -0.39 is 11.9 Å². The molecule has 0 bridgehead atoms. The highest BCUT2D eigenvalue weighted by Gasteiger charge is 2.28. The molecule has 0 spiro atoms. The minimum atomic E-state index is -0.665. The van der Waals surface area contributed by atoms with Crippen LogP contribution in [0.1, 0.15) is 28.8 Å². The fourth-order valence-corrected chi connectivity index (χ4v) is 2.01. The number of imide groups is 1.